The van der Waals surface area contributed by atoms with Crippen LogP contribution in [-0.4, -0.2) is 175 Å². The van der Waals surface area contributed by atoms with Gasteiger partial charge in [-0.25, -0.2) is 0 Å². The molecule has 0 aromatic carbocycles. The molecule has 0 amide bonds. The molecule has 0 spiro atoms. The van der Waals surface area contributed by atoms with Gasteiger partial charge in [0.05, 0.1) is 37.4 Å². The maximum absolute atomic E-state index is 13.7. The Morgan fingerprint density at radius 2 is 1.39 bits per heavy atom. The van der Waals surface area contributed by atoms with Gasteiger partial charge in [0, 0.05) is 0 Å². The summed E-state index contributed by atoms with van der Waals surface area (Å²) in [4.78, 5) is 26.9. The van der Waals surface area contributed by atoms with E-state index in [1.54, 1.807) is 0 Å². The van der Waals surface area contributed by atoms with Gasteiger partial charge in [-0.3, -0.25) is 4.79 Å². The van der Waals surface area contributed by atoms with Crippen molar-refractivity contribution in [3.05, 3.63) is 11.6 Å². The van der Waals surface area contributed by atoms with Crippen LogP contribution in [0.5, 0.6) is 0 Å². The number of hydrogen-bond acceptors (Lipinski definition) is 17. The second kappa shape index (κ2) is 17.1. The van der Waals surface area contributed by atoms with Crippen LogP contribution in [0, 0.1) is 50.2 Å². The van der Waals surface area contributed by atoms with Crippen molar-refractivity contribution < 1.29 is 89.1 Å². The highest BCUT2D eigenvalue weighted by atomic mass is 16.8. The van der Waals surface area contributed by atoms with Crippen molar-refractivity contribution in [2.45, 2.75) is 191 Å². The molecule has 5 aliphatic carbocycles. The number of aliphatic hydroxyl groups excluding tert-OH is 9. The van der Waals surface area contributed by atoms with Crippen molar-refractivity contribution in [3.63, 3.8) is 0 Å². The Labute approximate surface area is 373 Å². The molecule has 8 aliphatic rings. The zero-order valence-electron chi connectivity index (χ0n) is 37.8. The molecule has 8 unspecified atom stereocenters. The maximum atomic E-state index is 13.7. The summed E-state index contributed by atoms with van der Waals surface area (Å²) in [5.41, 5.74) is -2.56. The third-order valence-electron chi connectivity index (χ3n) is 18.6. The number of aldehydes is 1. The van der Waals surface area contributed by atoms with Crippen LogP contribution >= 0.6 is 0 Å². The van der Waals surface area contributed by atoms with Gasteiger partial charge in [0.15, 0.2) is 18.9 Å². The normalized spacial score (nSPS) is 54.9. The van der Waals surface area contributed by atoms with Crippen LogP contribution in [-0.2, 0) is 38.0 Å². The van der Waals surface area contributed by atoms with Crippen molar-refractivity contribution in [2.75, 3.05) is 19.8 Å². The number of fused-ring (bicyclic) bond motifs is 7. The molecule has 0 radical (unpaired) electrons. The van der Waals surface area contributed by atoms with Gasteiger partial charge in [0.2, 0.25) is 0 Å². The molecule has 0 aromatic heterocycles. The van der Waals surface area contributed by atoms with Crippen molar-refractivity contribution in [3.8, 4) is 0 Å². The first-order chi connectivity index (χ1) is 29.9. The minimum Gasteiger partial charge on any atom is -0.481 e. The predicted octanol–water partition coefficient (Wildman–Crippen LogP) is 0.134. The first kappa shape index (κ1) is 48.7. The summed E-state index contributed by atoms with van der Waals surface area (Å²) < 4.78 is 36.3. The molecule has 18 nitrogen and oxygen atoms in total. The lowest BCUT2D eigenvalue weighted by atomic mass is 9.33. The van der Waals surface area contributed by atoms with Gasteiger partial charge in [0.25, 0.3) is 0 Å². The fourth-order valence-electron chi connectivity index (χ4n) is 14.5. The van der Waals surface area contributed by atoms with E-state index < -0.39 is 140 Å². The molecule has 18 heteroatoms. The summed E-state index contributed by atoms with van der Waals surface area (Å²) in [5, 5.41) is 107. The Balaban J connectivity index is 1.09. The number of rotatable bonds is 9. The Kier molecular flexibility index (Phi) is 13.0. The number of carboxylic acid groups (broad SMARTS) is 1. The molecule has 8 rings (SSSR count). The van der Waals surface area contributed by atoms with Crippen LogP contribution in [0.2, 0.25) is 0 Å². The topological polar surface area (TPSA) is 292 Å². The highest BCUT2D eigenvalue weighted by molar-refractivity contribution is 5.77. The number of carboxylic acids is 1. The van der Waals surface area contributed by atoms with E-state index in [0.29, 0.717) is 51.4 Å². The van der Waals surface area contributed by atoms with Crippen LogP contribution in [0.15, 0.2) is 11.6 Å². The first-order valence-electron chi connectivity index (χ1n) is 23.2. The van der Waals surface area contributed by atoms with Gasteiger partial charge in [-0.15, -0.1) is 0 Å². The van der Waals surface area contributed by atoms with Gasteiger partial charge in [-0.05, 0) is 97.2 Å². The summed E-state index contributed by atoms with van der Waals surface area (Å²) >= 11 is 0. The Morgan fingerprint density at radius 3 is 2.06 bits per heavy atom. The van der Waals surface area contributed by atoms with Crippen LogP contribution in [0.25, 0.3) is 0 Å². The first-order valence-corrected chi connectivity index (χ1v) is 23.2. The Hall–Kier alpha value is -1.72. The molecule has 3 aliphatic heterocycles. The van der Waals surface area contributed by atoms with Crippen LogP contribution < -0.4 is 0 Å². The monoisotopic (exact) mass is 912 g/mol. The third-order valence-corrected chi connectivity index (χ3v) is 18.6. The highest BCUT2D eigenvalue weighted by Gasteiger charge is 2.72. The smallest absolute Gasteiger partial charge is 0.312 e. The van der Waals surface area contributed by atoms with Crippen LogP contribution in [0.3, 0.4) is 0 Å². The molecule has 10 N–H and O–H groups in total. The van der Waals surface area contributed by atoms with E-state index in [1.165, 1.54) is 0 Å². The van der Waals surface area contributed by atoms with Gasteiger partial charge in [-0.1, -0.05) is 53.2 Å². The average Bonchev–Trinajstić information content (AvgIpc) is 3.23. The maximum Gasteiger partial charge on any atom is 0.312 e. The fourth-order valence-corrected chi connectivity index (χ4v) is 14.5. The van der Waals surface area contributed by atoms with E-state index in [2.05, 4.69) is 40.7 Å². The summed E-state index contributed by atoms with van der Waals surface area (Å²) in [6.07, 6.45) is -14.4. The quantitative estimate of drug-likeness (QED) is 0.0836. The highest BCUT2D eigenvalue weighted by Crippen LogP contribution is 2.76. The lowest BCUT2D eigenvalue weighted by Gasteiger charge is -2.71. The van der Waals surface area contributed by atoms with Gasteiger partial charge in [0.1, 0.15) is 72.7 Å². The standard InChI is InChI=1S/C46H72O18/c1-41(2)13-14-46(40(57)58)22(15-41)21-7-8-27-42(3)11-10-29(43(4,20-48)26(42)9-12-44(27,5)45(21,6)16-28(46)51)62-39-36(64-38-34(56)32(54)31(53)25(17-47)61-38)35(24(50)19-60-39)63-37-33(55)30(52)23(49)18-59-37/h7,20,22-39,47,49-56H,8-19H2,1-6H3,(H,57,58)/t22?,23-,24-,25?,26-,27?,28?,29+,30+,31+,32+,33?,34?,35+,36?,37+,38+,39+,42?,43-,44+,45-,46-/m1/s1. The van der Waals surface area contributed by atoms with E-state index in [0.717, 1.165) is 18.3 Å². The van der Waals surface area contributed by atoms with E-state index in [4.69, 9.17) is 28.4 Å². The van der Waals surface area contributed by atoms with E-state index in [-0.39, 0.29) is 28.6 Å². The summed E-state index contributed by atoms with van der Waals surface area (Å²) in [6.45, 7) is 11.4. The molecule has 0 bridgehead atoms. The van der Waals surface area contributed by atoms with Gasteiger partial charge < -0.3 is 84.3 Å². The zero-order valence-corrected chi connectivity index (χ0v) is 37.8. The van der Waals surface area contributed by atoms with Gasteiger partial charge in [-0.2, -0.15) is 0 Å². The van der Waals surface area contributed by atoms with Crippen LogP contribution in [0.4, 0.5) is 0 Å². The van der Waals surface area contributed by atoms with E-state index >= 15 is 0 Å². The zero-order chi connectivity index (χ0) is 46.7. The van der Waals surface area contributed by atoms with Crippen LogP contribution in [0.1, 0.15) is 99.3 Å². The lowest BCUT2D eigenvalue weighted by molar-refractivity contribution is -0.384. The third kappa shape index (κ3) is 7.31. The summed E-state index contributed by atoms with van der Waals surface area (Å²) in [6, 6.07) is 0. The number of allylic oxidation sites excluding steroid dienone is 2. The Bertz CT molecular complexity index is 1780. The molecule has 364 valence electrons. The summed E-state index contributed by atoms with van der Waals surface area (Å²) in [7, 11) is 0. The fraction of sp³-hybridized carbons (Fsp3) is 0.913. The van der Waals surface area contributed by atoms with Crippen molar-refractivity contribution in [1.82, 2.24) is 0 Å². The van der Waals surface area contributed by atoms with E-state index in [9.17, 15) is 60.7 Å². The largest absolute Gasteiger partial charge is 0.481 e. The molecule has 64 heavy (non-hydrogen) atoms. The molecule has 7 fully saturated rings. The Morgan fingerprint density at radius 1 is 0.734 bits per heavy atom. The molecular formula is C46H72O18. The van der Waals surface area contributed by atoms with Crippen molar-refractivity contribution in [2.24, 2.45) is 50.2 Å². The van der Waals surface area contributed by atoms with Crippen molar-refractivity contribution in [1.29, 1.82) is 0 Å². The average molecular weight is 913 g/mol. The molecule has 4 saturated carbocycles. The minimum absolute atomic E-state index is 0.0609. The second-order valence-electron chi connectivity index (χ2n) is 22.3. The number of aliphatic carboxylic acids is 1. The molecule has 0 aromatic rings. The second-order valence-corrected chi connectivity index (χ2v) is 22.3. The molecule has 3 heterocycles. The van der Waals surface area contributed by atoms with E-state index in [1.807, 2.05) is 6.92 Å². The lowest BCUT2D eigenvalue weighted by Crippen LogP contribution is -2.68. The molecular weight excluding hydrogens is 840 g/mol. The van der Waals surface area contributed by atoms with Crippen molar-refractivity contribution >= 4 is 12.3 Å². The van der Waals surface area contributed by atoms with Gasteiger partial charge >= 0.3 is 5.97 Å². The minimum atomic E-state index is -1.87. The number of carbonyl (C=O) groups is 2. The SMILES string of the molecule is CC1(C)CC[C@]2(C(=O)O)C(O)C[C@]3(C)C(=CCC4C5(C)CC[C@H](O[C@@H]6OC[C@@H](O)[C@H](O[C@@H]7OC[C@@H](O)[C@H](O)C7O)C6O[C@@H]6OC(CO)[C@H](O)[C@H](O)C6O)[C@](C)(C=O)[C@@H]5CC[C@@]43C)C2C1. The summed E-state index contributed by atoms with van der Waals surface area (Å²) in [5.74, 6) is -1.39. The number of hydrogen-bond donors (Lipinski definition) is 10. The predicted molar refractivity (Wildman–Crippen MR) is 220 cm³/mol. The number of ether oxygens (including phenoxy) is 6. The molecule has 3 saturated heterocycles. The molecule has 23 atom stereocenters. The number of carbonyl (C=O) groups excluding carboxylic acids is 1. The number of aliphatic hydroxyl groups is 9.